The fourth-order valence-corrected chi connectivity index (χ4v) is 3.59. The number of hydrogen-bond acceptors (Lipinski definition) is 1. The largest absolute Gasteiger partial charge is 0.362 e. The minimum Gasteiger partial charge on any atom is -0.362 e. The minimum atomic E-state index is 0.529. The summed E-state index contributed by atoms with van der Waals surface area (Å²) in [5.74, 6) is 0. The topological polar surface area (TPSA) is 24.1 Å². The lowest BCUT2D eigenvalue weighted by Gasteiger charge is -2.29. The Morgan fingerprint density at radius 2 is 1.82 bits per heavy atom. The summed E-state index contributed by atoms with van der Waals surface area (Å²) in [6.07, 6.45) is 12.1. The van der Waals surface area contributed by atoms with E-state index in [0.29, 0.717) is 11.5 Å². The van der Waals surface area contributed by atoms with E-state index in [2.05, 4.69) is 17.6 Å². The predicted molar refractivity (Wildman–Crippen MR) is 77.2 cm³/mol. The number of nitrogens with one attached hydrogen (secondary N) is 2. The van der Waals surface area contributed by atoms with Crippen molar-refractivity contribution in [3.63, 3.8) is 0 Å². The minimum absolute atomic E-state index is 0.529. The first kappa shape index (κ1) is 13.1. The lowest BCUT2D eigenvalue weighted by molar-refractivity contribution is 0.284. The molecule has 0 bridgehead atoms. The van der Waals surface area contributed by atoms with E-state index in [-0.39, 0.29) is 0 Å². The summed E-state index contributed by atoms with van der Waals surface area (Å²) in [6.45, 7) is 3.39. The number of thiocarbonyl (C=S) groups is 1. The van der Waals surface area contributed by atoms with Crippen LogP contribution in [0.25, 0.3) is 0 Å². The molecule has 0 aromatic heterocycles. The lowest BCUT2D eigenvalue weighted by atomic mass is 9.83. The van der Waals surface area contributed by atoms with E-state index in [9.17, 15) is 0 Å². The average molecular weight is 254 g/mol. The van der Waals surface area contributed by atoms with Crippen LogP contribution >= 0.6 is 12.2 Å². The predicted octanol–water partition coefficient (Wildman–Crippen LogP) is 3.36. The molecule has 98 valence electrons. The first-order valence-electron chi connectivity index (χ1n) is 7.28. The van der Waals surface area contributed by atoms with Crippen LogP contribution in [0.5, 0.6) is 0 Å². The van der Waals surface area contributed by atoms with E-state index in [1.165, 1.54) is 57.8 Å². The van der Waals surface area contributed by atoms with E-state index in [1.54, 1.807) is 0 Å². The highest BCUT2D eigenvalue weighted by Crippen LogP contribution is 2.40. The van der Waals surface area contributed by atoms with Gasteiger partial charge in [0.25, 0.3) is 0 Å². The Labute approximate surface area is 111 Å². The van der Waals surface area contributed by atoms with Crippen LogP contribution in [-0.4, -0.2) is 17.7 Å². The molecule has 2 fully saturated rings. The SMILES string of the molecule is CCC1(CNC(=S)NC2CCCC2)CCCC1. The van der Waals surface area contributed by atoms with Gasteiger partial charge in [-0.1, -0.05) is 32.6 Å². The van der Waals surface area contributed by atoms with Crippen LogP contribution < -0.4 is 10.6 Å². The molecule has 0 heterocycles. The quantitative estimate of drug-likeness (QED) is 0.752. The van der Waals surface area contributed by atoms with Gasteiger partial charge in [0.15, 0.2) is 5.11 Å². The summed E-state index contributed by atoms with van der Waals surface area (Å²) in [6, 6.07) is 0.635. The Bertz CT molecular complexity index is 253. The third kappa shape index (κ3) is 3.57. The molecule has 2 aliphatic rings. The molecule has 2 nitrogen and oxygen atoms in total. The van der Waals surface area contributed by atoms with Crippen LogP contribution in [-0.2, 0) is 0 Å². The molecule has 2 N–H and O–H groups in total. The van der Waals surface area contributed by atoms with Gasteiger partial charge in [0.1, 0.15) is 0 Å². The smallest absolute Gasteiger partial charge is 0.166 e. The Kier molecular flexibility index (Phi) is 4.66. The summed E-state index contributed by atoms with van der Waals surface area (Å²) < 4.78 is 0. The molecular formula is C14H26N2S. The molecule has 0 aliphatic heterocycles. The monoisotopic (exact) mass is 254 g/mol. The van der Waals surface area contributed by atoms with E-state index < -0.39 is 0 Å². The van der Waals surface area contributed by atoms with Gasteiger partial charge >= 0.3 is 0 Å². The molecule has 0 atom stereocenters. The zero-order valence-electron chi connectivity index (χ0n) is 11.1. The molecule has 0 radical (unpaired) electrons. The van der Waals surface area contributed by atoms with Crippen molar-refractivity contribution in [2.45, 2.75) is 70.8 Å². The highest BCUT2D eigenvalue weighted by atomic mass is 32.1. The third-order valence-electron chi connectivity index (χ3n) is 4.73. The lowest BCUT2D eigenvalue weighted by Crippen LogP contribution is -2.44. The number of hydrogen-bond donors (Lipinski definition) is 2. The van der Waals surface area contributed by atoms with Crippen LogP contribution in [0.4, 0.5) is 0 Å². The standard InChI is InChI=1S/C14H26N2S/c1-2-14(9-5-6-10-14)11-15-13(17)16-12-7-3-4-8-12/h12H,2-11H2,1H3,(H2,15,16,17). The van der Waals surface area contributed by atoms with Crippen molar-refractivity contribution in [3.05, 3.63) is 0 Å². The molecule has 3 heteroatoms. The van der Waals surface area contributed by atoms with Gasteiger partial charge in [0.2, 0.25) is 0 Å². The summed E-state index contributed by atoms with van der Waals surface area (Å²) in [4.78, 5) is 0. The summed E-state index contributed by atoms with van der Waals surface area (Å²) in [5, 5.41) is 7.81. The molecule has 2 aliphatic carbocycles. The molecule has 2 saturated carbocycles. The van der Waals surface area contributed by atoms with Crippen LogP contribution in [0.3, 0.4) is 0 Å². The first-order chi connectivity index (χ1) is 8.24. The highest BCUT2D eigenvalue weighted by Gasteiger charge is 2.31. The molecule has 0 aromatic rings. The Balaban J connectivity index is 1.71. The van der Waals surface area contributed by atoms with Gasteiger partial charge in [0.05, 0.1) is 0 Å². The van der Waals surface area contributed by atoms with Gasteiger partial charge in [-0.2, -0.15) is 0 Å². The Hall–Kier alpha value is -0.310. The van der Waals surface area contributed by atoms with Crippen LogP contribution in [0.1, 0.15) is 64.7 Å². The first-order valence-corrected chi connectivity index (χ1v) is 7.69. The molecule has 0 unspecified atom stereocenters. The zero-order valence-corrected chi connectivity index (χ0v) is 11.9. The maximum absolute atomic E-state index is 5.40. The molecule has 0 spiro atoms. The van der Waals surface area contributed by atoms with Crippen molar-refractivity contribution in [1.29, 1.82) is 0 Å². The van der Waals surface area contributed by atoms with Crippen molar-refractivity contribution < 1.29 is 0 Å². The van der Waals surface area contributed by atoms with Gasteiger partial charge in [-0.15, -0.1) is 0 Å². The summed E-state index contributed by atoms with van der Waals surface area (Å²) in [5.41, 5.74) is 0.529. The highest BCUT2D eigenvalue weighted by molar-refractivity contribution is 7.80. The van der Waals surface area contributed by atoms with Crippen molar-refractivity contribution in [2.24, 2.45) is 5.41 Å². The zero-order chi connectivity index (χ0) is 12.1. The normalized spacial score (nSPS) is 23.8. The second-order valence-corrected chi connectivity index (χ2v) is 6.28. The van der Waals surface area contributed by atoms with E-state index >= 15 is 0 Å². The van der Waals surface area contributed by atoms with E-state index in [0.717, 1.165) is 11.7 Å². The van der Waals surface area contributed by atoms with Crippen LogP contribution in [0.2, 0.25) is 0 Å². The molecular weight excluding hydrogens is 228 g/mol. The van der Waals surface area contributed by atoms with Crippen molar-refractivity contribution >= 4 is 17.3 Å². The third-order valence-corrected chi connectivity index (χ3v) is 4.99. The fraction of sp³-hybridized carbons (Fsp3) is 0.929. The van der Waals surface area contributed by atoms with Crippen LogP contribution in [0, 0.1) is 5.41 Å². The Morgan fingerprint density at radius 3 is 2.41 bits per heavy atom. The summed E-state index contributed by atoms with van der Waals surface area (Å²) >= 11 is 5.40. The van der Waals surface area contributed by atoms with Crippen molar-refractivity contribution in [2.75, 3.05) is 6.54 Å². The van der Waals surface area contributed by atoms with E-state index in [1.807, 2.05) is 0 Å². The fourth-order valence-electron chi connectivity index (χ4n) is 3.35. The van der Waals surface area contributed by atoms with Gasteiger partial charge in [0, 0.05) is 12.6 Å². The van der Waals surface area contributed by atoms with Crippen molar-refractivity contribution in [1.82, 2.24) is 10.6 Å². The summed E-state index contributed by atoms with van der Waals surface area (Å²) in [7, 11) is 0. The number of rotatable bonds is 4. The molecule has 0 saturated heterocycles. The maximum Gasteiger partial charge on any atom is 0.166 e. The van der Waals surface area contributed by atoms with Gasteiger partial charge < -0.3 is 10.6 Å². The van der Waals surface area contributed by atoms with Gasteiger partial charge in [-0.05, 0) is 49.7 Å². The maximum atomic E-state index is 5.40. The molecule has 2 rings (SSSR count). The molecule has 0 aromatic carbocycles. The second kappa shape index (κ2) is 6.03. The molecule has 17 heavy (non-hydrogen) atoms. The second-order valence-electron chi connectivity index (χ2n) is 5.87. The van der Waals surface area contributed by atoms with Crippen molar-refractivity contribution in [3.8, 4) is 0 Å². The van der Waals surface area contributed by atoms with Gasteiger partial charge in [-0.3, -0.25) is 0 Å². The van der Waals surface area contributed by atoms with Gasteiger partial charge in [-0.25, -0.2) is 0 Å². The molecule has 0 amide bonds. The average Bonchev–Trinajstić information content (AvgIpc) is 2.98. The Morgan fingerprint density at radius 1 is 1.18 bits per heavy atom. The van der Waals surface area contributed by atoms with Crippen LogP contribution in [0.15, 0.2) is 0 Å². The van der Waals surface area contributed by atoms with E-state index in [4.69, 9.17) is 12.2 Å².